The number of carbonyl (C=O) groups excluding carboxylic acids is 2. The van der Waals surface area contributed by atoms with Gasteiger partial charge in [-0.1, -0.05) is 6.07 Å². The number of ether oxygens (including phenoxy) is 1. The van der Waals surface area contributed by atoms with E-state index in [1.54, 1.807) is 26.0 Å². The second-order valence-corrected chi connectivity index (χ2v) is 9.41. The number of rotatable bonds is 6. The third-order valence-corrected chi connectivity index (χ3v) is 6.71. The van der Waals surface area contributed by atoms with Crippen LogP contribution in [0.15, 0.2) is 18.5 Å². The lowest BCUT2D eigenvalue weighted by Crippen LogP contribution is -2.41. The molecule has 2 amide bonds. The summed E-state index contributed by atoms with van der Waals surface area (Å²) in [7, 11) is 0. The monoisotopic (exact) mass is 483 g/mol. The number of carbonyl (C=O) groups is 2. The van der Waals surface area contributed by atoms with Crippen LogP contribution in [0, 0.1) is 25.6 Å². The van der Waals surface area contributed by atoms with Crippen molar-refractivity contribution in [2.24, 2.45) is 5.92 Å². The number of aromatic nitrogens is 3. The highest BCUT2D eigenvalue weighted by atomic mass is 19.1. The van der Waals surface area contributed by atoms with E-state index in [-0.39, 0.29) is 35.8 Å². The Morgan fingerprint density at radius 3 is 2.69 bits per heavy atom. The highest BCUT2D eigenvalue weighted by molar-refractivity contribution is 6.09. The van der Waals surface area contributed by atoms with Gasteiger partial charge in [-0.15, -0.1) is 0 Å². The second kappa shape index (κ2) is 8.90. The number of benzene rings is 1. The first-order valence-corrected chi connectivity index (χ1v) is 11.7. The van der Waals surface area contributed by atoms with Crippen LogP contribution in [-0.4, -0.2) is 63.6 Å². The van der Waals surface area contributed by atoms with Crippen molar-refractivity contribution in [1.29, 1.82) is 0 Å². The maximum atomic E-state index is 15.4. The molecule has 2 aromatic heterocycles. The van der Waals surface area contributed by atoms with E-state index in [9.17, 15) is 14.0 Å². The van der Waals surface area contributed by atoms with Crippen LogP contribution in [0.25, 0.3) is 22.3 Å². The standard InChI is InChI=1S/C25H27F2N5O3/c1-12-4-7-18(35-10-15-5-6-15)20(21(12)27)23-24-22(28-11-29-23)19(13(2)30-24)25(34)31-17-9-32(14(3)33)8-16(17)26/h4,7,11,15-17,30H,5-6,8-10H2,1-3H3,(H,31,34)/t16-,17-/m0/s1. The number of halogens is 2. The Balaban J connectivity index is 1.51. The number of hydrogen-bond donors (Lipinski definition) is 2. The van der Waals surface area contributed by atoms with Gasteiger partial charge >= 0.3 is 0 Å². The summed E-state index contributed by atoms with van der Waals surface area (Å²) in [4.78, 5) is 37.9. The molecule has 1 aliphatic carbocycles. The van der Waals surface area contributed by atoms with Gasteiger partial charge in [-0.25, -0.2) is 18.7 Å². The number of H-pyrrole nitrogens is 1. The fourth-order valence-corrected chi connectivity index (χ4v) is 4.48. The minimum Gasteiger partial charge on any atom is -0.492 e. The van der Waals surface area contributed by atoms with Crippen molar-refractivity contribution >= 4 is 22.8 Å². The lowest BCUT2D eigenvalue weighted by atomic mass is 10.0. The van der Waals surface area contributed by atoms with Crippen molar-refractivity contribution in [2.75, 3.05) is 19.7 Å². The molecule has 1 saturated heterocycles. The normalized spacial score (nSPS) is 19.9. The van der Waals surface area contributed by atoms with Gasteiger partial charge in [0.05, 0.1) is 35.8 Å². The molecule has 1 saturated carbocycles. The van der Waals surface area contributed by atoms with Gasteiger partial charge in [0.25, 0.3) is 5.91 Å². The molecule has 5 rings (SSSR count). The highest BCUT2D eigenvalue weighted by Crippen LogP contribution is 2.39. The van der Waals surface area contributed by atoms with Gasteiger partial charge in [-0.2, -0.15) is 0 Å². The highest BCUT2D eigenvalue weighted by Gasteiger charge is 2.36. The summed E-state index contributed by atoms with van der Waals surface area (Å²) >= 11 is 0. The van der Waals surface area contributed by atoms with Crippen LogP contribution in [0.5, 0.6) is 5.75 Å². The quantitative estimate of drug-likeness (QED) is 0.559. The summed E-state index contributed by atoms with van der Waals surface area (Å²) in [6.07, 6.45) is 2.10. The molecule has 184 valence electrons. The molecule has 8 nitrogen and oxygen atoms in total. The van der Waals surface area contributed by atoms with Crippen molar-refractivity contribution in [2.45, 2.75) is 45.8 Å². The minimum absolute atomic E-state index is 0.0598. The Labute approximate surface area is 201 Å². The zero-order chi connectivity index (χ0) is 24.9. The molecule has 0 spiro atoms. The summed E-state index contributed by atoms with van der Waals surface area (Å²) in [5.41, 5.74) is 2.35. The van der Waals surface area contributed by atoms with Crippen LogP contribution in [0.1, 0.15) is 41.4 Å². The van der Waals surface area contributed by atoms with Crippen LogP contribution in [0.2, 0.25) is 0 Å². The Morgan fingerprint density at radius 2 is 2.00 bits per heavy atom. The molecule has 2 fully saturated rings. The van der Waals surface area contributed by atoms with Gasteiger partial charge < -0.3 is 19.9 Å². The second-order valence-electron chi connectivity index (χ2n) is 9.41. The van der Waals surface area contributed by atoms with Crippen molar-refractivity contribution in [1.82, 2.24) is 25.2 Å². The van der Waals surface area contributed by atoms with Gasteiger partial charge in [0.1, 0.15) is 35.3 Å². The molecule has 0 unspecified atom stereocenters. The molecule has 2 atom stereocenters. The number of hydrogen-bond acceptors (Lipinski definition) is 5. The predicted molar refractivity (Wildman–Crippen MR) is 125 cm³/mol. The Bertz CT molecular complexity index is 1320. The molecule has 3 heterocycles. The van der Waals surface area contributed by atoms with E-state index in [4.69, 9.17) is 4.74 Å². The number of amides is 2. The SMILES string of the molecule is CC(=O)N1C[C@H](NC(=O)c2c(C)[nH]c3c(-c4c(OCC5CC5)ccc(C)c4F)ncnc23)[C@@H](F)C1. The van der Waals surface area contributed by atoms with Crippen molar-refractivity contribution in [3.05, 3.63) is 41.1 Å². The third kappa shape index (κ3) is 4.33. The van der Waals surface area contributed by atoms with Gasteiger partial charge in [-0.3, -0.25) is 9.59 Å². The molecule has 0 radical (unpaired) electrons. The number of likely N-dealkylation sites (tertiary alicyclic amines) is 1. The fraction of sp³-hybridized carbons (Fsp3) is 0.440. The van der Waals surface area contributed by atoms with Crippen molar-refractivity contribution in [3.8, 4) is 17.0 Å². The molecule has 2 N–H and O–H groups in total. The maximum Gasteiger partial charge on any atom is 0.255 e. The number of aromatic amines is 1. The summed E-state index contributed by atoms with van der Waals surface area (Å²) in [5.74, 6) is -0.355. The molecule has 10 heteroatoms. The minimum atomic E-state index is -1.37. The number of aryl methyl sites for hydroxylation is 2. The summed E-state index contributed by atoms with van der Waals surface area (Å²) in [5, 5.41) is 2.69. The van der Waals surface area contributed by atoms with Gasteiger partial charge in [-0.05, 0) is 44.2 Å². The summed E-state index contributed by atoms with van der Waals surface area (Å²) in [6, 6.07) is 2.57. The predicted octanol–water partition coefficient (Wildman–Crippen LogP) is 3.47. The lowest BCUT2D eigenvalue weighted by Gasteiger charge is -2.15. The molecule has 2 aliphatic rings. The van der Waals surface area contributed by atoms with E-state index in [2.05, 4.69) is 20.3 Å². The molecule has 1 aromatic carbocycles. The summed E-state index contributed by atoms with van der Waals surface area (Å²) < 4.78 is 35.8. The Hall–Kier alpha value is -3.56. The molecule has 3 aromatic rings. The maximum absolute atomic E-state index is 15.4. The Morgan fingerprint density at radius 1 is 1.23 bits per heavy atom. The van der Waals surface area contributed by atoms with Crippen molar-refractivity contribution < 1.29 is 23.1 Å². The molecular formula is C25H27F2N5O3. The van der Waals surface area contributed by atoms with E-state index in [0.29, 0.717) is 40.6 Å². The average Bonchev–Trinajstić information content (AvgIpc) is 3.48. The first kappa shape index (κ1) is 23.2. The zero-order valence-corrected chi connectivity index (χ0v) is 19.8. The Kier molecular flexibility index (Phi) is 5.90. The first-order valence-electron chi connectivity index (χ1n) is 11.7. The average molecular weight is 484 g/mol. The molecular weight excluding hydrogens is 456 g/mol. The smallest absolute Gasteiger partial charge is 0.255 e. The van der Waals surface area contributed by atoms with Gasteiger partial charge in [0.15, 0.2) is 0 Å². The van der Waals surface area contributed by atoms with Crippen molar-refractivity contribution in [3.63, 3.8) is 0 Å². The van der Waals surface area contributed by atoms with Crippen LogP contribution in [0.4, 0.5) is 8.78 Å². The fourth-order valence-electron chi connectivity index (χ4n) is 4.48. The molecule has 0 bridgehead atoms. The first-order chi connectivity index (χ1) is 16.7. The molecule has 35 heavy (non-hydrogen) atoms. The van der Waals surface area contributed by atoms with E-state index in [1.807, 2.05) is 0 Å². The molecule has 1 aliphatic heterocycles. The third-order valence-electron chi connectivity index (χ3n) is 6.71. The number of nitrogens with zero attached hydrogens (tertiary/aromatic N) is 3. The number of fused-ring (bicyclic) bond motifs is 1. The lowest BCUT2D eigenvalue weighted by molar-refractivity contribution is -0.128. The van der Waals surface area contributed by atoms with E-state index in [0.717, 1.165) is 12.8 Å². The number of nitrogens with one attached hydrogen (secondary N) is 2. The van der Waals surface area contributed by atoms with Gasteiger partial charge in [0.2, 0.25) is 5.91 Å². The van der Waals surface area contributed by atoms with Crippen LogP contribution >= 0.6 is 0 Å². The van der Waals surface area contributed by atoms with Gasteiger partial charge in [0, 0.05) is 19.2 Å². The van der Waals surface area contributed by atoms with Crippen LogP contribution in [0.3, 0.4) is 0 Å². The number of alkyl halides is 1. The van der Waals surface area contributed by atoms with Crippen LogP contribution < -0.4 is 10.1 Å². The summed E-state index contributed by atoms with van der Waals surface area (Å²) in [6.45, 7) is 5.27. The largest absolute Gasteiger partial charge is 0.492 e. The topological polar surface area (TPSA) is 100 Å². The van der Waals surface area contributed by atoms with Crippen LogP contribution in [-0.2, 0) is 4.79 Å². The van der Waals surface area contributed by atoms with E-state index in [1.165, 1.54) is 18.2 Å². The zero-order valence-electron chi connectivity index (χ0n) is 19.8. The van der Waals surface area contributed by atoms with E-state index < -0.39 is 23.9 Å². The van der Waals surface area contributed by atoms with E-state index >= 15 is 4.39 Å².